The Hall–Kier alpha value is -3.94. The van der Waals surface area contributed by atoms with E-state index in [9.17, 15) is 0 Å². The van der Waals surface area contributed by atoms with Crippen LogP contribution in [0.25, 0.3) is 0 Å². The molecule has 0 aromatic carbocycles. The largest absolute Gasteiger partial charge is 0.388 e. The summed E-state index contributed by atoms with van der Waals surface area (Å²) in [5.41, 5.74) is 8.18. The number of hydrogen-bond acceptors (Lipinski definition) is 8. The first-order valence-corrected chi connectivity index (χ1v) is 13.3. The number of rotatable bonds is 8. The molecule has 0 amide bonds. The van der Waals surface area contributed by atoms with Crippen molar-refractivity contribution in [2.24, 2.45) is 20.0 Å². The van der Waals surface area contributed by atoms with E-state index < -0.39 is 0 Å². The zero-order valence-electron chi connectivity index (χ0n) is 23.1. The van der Waals surface area contributed by atoms with Crippen molar-refractivity contribution in [3.63, 3.8) is 0 Å². The molecule has 1 aliphatic heterocycles. The topological polar surface area (TPSA) is 99.3 Å². The molecule has 3 rings (SSSR count). The molecule has 3 heterocycles. The van der Waals surface area contributed by atoms with Gasteiger partial charge in [0.15, 0.2) is 0 Å². The molecule has 2 aromatic rings. The monoisotopic (exact) mass is 512 g/mol. The van der Waals surface area contributed by atoms with Gasteiger partial charge in [0.1, 0.15) is 0 Å². The van der Waals surface area contributed by atoms with Gasteiger partial charge in [-0.15, -0.1) is 0 Å². The van der Waals surface area contributed by atoms with Gasteiger partial charge in [0, 0.05) is 96.1 Å². The van der Waals surface area contributed by atoms with Gasteiger partial charge in [0.05, 0.1) is 26.2 Å². The number of aliphatic imine (C=N–C) groups is 4. The zero-order valence-corrected chi connectivity index (χ0v) is 23.1. The molecule has 200 valence electrons. The van der Waals surface area contributed by atoms with Crippen molar-refractivity contribution < 1.29 is 0 Å². The summed E-state index contributed by atoms with van der Waals surface area (Å²) in [5, 5.41) is 7.02. The van der Waals surface area contributed by atoms with Gasteiger partial charge in [-0.2, -0.15) is 0 Å². The maximum atomic E-state index is 4.79. The first kappa shape index (κ1) is 28.6. The van der Waals surface area contributed by atoms with E-state index in [0.29, 0.717) is 26.2 Å². The average molecular weight is 513 g/mol. The van der Waals surface area contributed by atoms with E-state index in [-0.39, 0.29) is 0 Å². The second-order valence-electron chi connectivity index (χ2n) is 9.08. The predicted octanol–water partition coefficient (Wildman–Crippen LogP) is 4.07. The maximum absolute atomic E-state index is 4.79. The van der Waals surface area contributed by atoms with E-state index in [2.05, 4.69) is 44.4 Å². The molecule has 8 nitrogen and oxygen atoms in total. The summed E-state index contributed by atoms with van der Waals surface area (Å²) in [5.74, 6) is 0. The van der Waals surface area contributed by atoms with Crippen LogP contribution in [0, 0.1) is 0 Å². The number of pyridine rings is 2. The molecular formula is C30H40N8. The quantitative estimate of drug-likeness (QED) is 0.557. The summed E-state index contributed by atoms with van der Waals surface area (Å²) in [4.78, 5) is 27.7. The Labute approximate surface area is 227 Å². The van der Waals surface area contributed by atoms with Crippen LogP contribution in [0.15, 0.2) is 91.3 Å². The lowest BCUT2D eigenvalue weighted by molar-refractivity contribution is 0.772. The fourth-order valence-corrected chi connectivity index (χ4v) is 3.99. The van der Waals surface area contributed by atoms with Crippen LogP contribution in [0.2, 0.25) is 0 Å². The third-order valence-corrected chi connectivity index (χ3v) is 6.18. The number of hydrogen-bond donors (Lipinski definition) is 2. The summed E-state index contributed by atoms with van der Waals surface area (Å²) >= 11 is 0. The molecule has 2 aromatic heterocycles. The standard InChI is InChI=1S/C30H40N8/c1-23(33-15-11-27-9-5-7-13-37-27)29-21-31-17-20-36-26(4)30(22-32-18-19-35-25(29)3)24(2)34-16-12-28-10-6-8-14-38-28/h5-10,13-14,21-22,33-34H,11-12,15-20H2,1-4H3/b29-23+,30-24+,31-21?,32-22?,35-25?,36-26?. The van der Waals surface area contributed by atoms with Crippen molar-refractivity contribution in [1.29, 1.82) is 0 Å². The Morgan fingerprint density at radius 2 is 1.11 bits per heavy atom. The summed E-state index contributed by atoms with van der Waals surface area (Å²) < 4.78 is 0. The van der Waals surface area contributed by atoms with Crippen molar-refractivity contribution in [3.05, 3.63) is 82.7 Å². The molecule has 0 saturated carbocycles. The second-order valence-corrected chi connectivity index (χ2v) is 9.08. The van der Waals surface area contributed by atoms with Crippen molar-refractivity contribution >= 4 is 23.9 Å². The van der Waals surface area contributed by atoms with Gasteiger partial charge in [0.25, 0.3) is 0 Å². The molecule has 0 bridgehead atoms. The van der Waals surface area contributed by atoms with Crippen LogP contribution in [-0.2, 0) is 12.8 Å². The highest BCUT2D eigenvalue weighted by molar-refractivity contribution is 6.16. The third-order valence-electron chi connectivity index (χ3n) is 6.18. The van der Waals surface area contributed by atoms with Gasteiger partial charge in [-0.3, -0.25) is 29.9 Å². The molecule has 0 unspecified atom stereocenters. The molecule has 0 aliphatic carbocycles. The Morgan fingerprint density at radius 1 is 0.658 bits per heavy atom. The normalized spacial score (nSPS) is 17.7. The van der Waals surface area contributed by atoms with Crippen LogP contribution in [0.1, 0.15) is 39.1 Å². The summed E-state index contributed by atoms with van der Waals surface area (Å²) in [6, 6.07) is 12.0. The van der Waals surface area contributed by atoms with Crippen LogP contribution in [-0.4, -0.2) is 73.1 Å². The summed E-state index contributed by atoms with van der Waals surface area (Å²) in [7, 11) is 0. The van der Waals surface area contributed by atoms with Gasteiger partial charge in [-0.25, -0.2) is 0 Å². The number of nitrogens with zero attached hydrogens (tertiary/aromatic N) is 6. The van der Waals surface area contributed by atoms with E-state index in [1.165, 1.54) is 0 Å². The first-order valence-electron chi connectivity index (χ1n) is 13.3. The van der Waals surface area contributed by atoms with Crippen LogP contribution < -0.4 is 10.6 Å². The molecule has 0 saturated heterocycles. The fraction of sp³-hybridized carbons (Fsp3) is 0.400. The highest BCUT2D eigenvalue weighted by atomic mass is 14.9. The second kappa shape index (κ2) is 16.0. The van der Waals surface area contributed by atoms with Gasteiger partial charge >= 0.3 is 0 Å². The molecule has 38 heavy (non-hydrogen) atoms. The SMILES string of the molecule is CC1=NCCN=C/C(=C(/C)NCCc2ccccn2)C(C)=NCCN=C/C1=C(/C)NCCc1ccccn1. The minimum absolute atomic E-state index is 0.603. The van der Waals surface area contributed by atoms with E-state index in [1.54, 1.807) is 0 Å². The molecule has 0 radical (unpaired) electrons. The molecule has 2 N–H and O–H groups in total. The molecule has 0 fully saturated rings. The van der Waals surface area contributed by atoms with E-state index >= 15 is 0 Å². The van der Waals surface area contributed by atoms with Crippen LogP contribution in [0.3, 0.4) is 0 Å². The highest BCUT2D eigenvalue weighted by Gasteiger charge is 2.07. The lowest BCUT2D eigenvalue weighted by Crippen LogP contribution is -2.20. The van der Waals surface area contributed by atoms with Crippen molar-refractivity contribution in [2.45, 2.75) is 40.5 Å². The van der Waals surface area contributed by atoms with Gasteiger partial charge in [0.2, 0.25) is 0 Å². The number of allylic oxidation sites excluding steroid dienone is 4. The molecule has 0 spiro atoms. The van der Waals surface area contributed by atoms with Crippen LogP contribution in [0.5, 0.6) is 0 Å². The molecule has 8 heteroatoms. The minimum atomic E-state index is 0.603. The predicted molar refractivity (Wildman–Crippen MR) is 160 cm³/mol. The Morgan fingerprint density at radius 3 is 1.50 bits per heavy atom. The lowest BCUT2D eigenvalue weighted by atomic mass is 10.1. The van der Waals surface area contributed by atoms with Crippen LogP contribution >= 0.6 is 0 Å². The molecule has 0 atom stereocenters. The lowest BCUT2D eigenvalue weighted by Gasteiger charge is -2.12. The number of aromatic nitrogens is 2. The van der Waals surface area contributed by atoms with Crippen molar-refractivity contribution in [3.8, 4) is 0 Å². The number of nitrogens with one attached hydrogen (secondary N) is 2. The van der Waals surface area contributed by atoms with Crippen molar-refractivity contribution in [1.82, 2.24) is 20.6 Å². The Balaban J connectivity index is 1.66. The highest BCUT2D eigenvalue weighted by Crippen LogP contribution is 2.06. The zero-order chi connectivity index (χ0) is 27.0. The molecule has 1 aliphatic rings. The Kier molecular flexibility index (Phi) is 12.1. The van der Waals surface area contributed by atoms with E-state index in [0.717, 1.165) is 71.3 Å². The van der Waals surface area contributed by atoms with E-state index in [1.807, 2.05) is 75.1 Å². The summed E-state index contributed by atoms with van der Waals surface area (Å²) in [6.07, 6.45) is 9.21. The minimum Gasteiger partial charge on any atom is -0.388 e. The van der Waals surface area contributed by atoms with Gasteiger partial charge in [-0.05, 0) is 52.0 Å². The third kappa shape index (κ3) is 9.84. The smallest absolute Gasteiger partial charge is 0.0588 e. The maximum Gasteiger partial charge on any atom is 0.0588 e. The van der Waals surface area contributed by atoms with Gasteiger partial charge in [-0.1, -0.05) is 12.1 Å². The average Bonchev–Trinajstić information content (AvgIpc) is 2.93. The summed E-state index contributed by atoms with van der Waals surface area (Å²) in [6.45, 7) is 12.2. The fourth-order valence-electron chi connectivity index (χ4n) is 3.99. The van der Waals surface area contributed by atoms with Crippen molar-refractivity contribution in [2.75, 3.05) is 39.3 Å². The van der Waals surface area contributed by atoms with E-state index in [4.69, 9.17) is 9.98 Å². The Bertz CT molecular complexity index is 1100. The van der Waals surface area contributed by atoms with Gasteiger partial charge < -0.3 is 10.6 Å². The molecular weight excluding hydrogens is 472 g/mol. The first-order chi connectivity index (χ1) is 18.5. The van der Waals surface area contributed by atoms with Crippen LogP contribution in [0.4, 0.5) is 0 Å².